The highest BCUT2D eigenvalue weighted by molar-refractivity contribution is 4.83. The van der Waals surface area contributed by atoms with Gasteiger partial charge in [0.2, 0.25) is 0 Å². The third kappa shape index (κ3) is 2.22. The second kappa shape index (κ2) is 4.09. The number of aliphatic hydroxyl groups is 3. The van der Waals surface area contributed by atoms with Gasteiger partial charge in [0.25, 0.3) is 0 Å². The molecule has 0 aromatic rings. The van der Waals surface area contributed by atoms with Crippen LogP contribution in [-0.2, 0) is 14.2 Å². The molecule has 0 bridgehead atoms. The second-order valence-corrected chi connectivity index (χ2v) is 3.54. The molecular weight excluding hydrogens is 192 g/mol. The lowest BCUT2D eigenvalue weighted by atomic mass is 10.1. The number of rotatable bonds is 3. The molecule has 0 aliphatic carbocycles. The summed E-state index contributed by atoms with van der Waals surface area (Å²) in [7, 11) is 0. The lowest BCUT2D eigenvalue weighted by molar-refractivity contribution is -0.270. The first kappa shape index (κ1) is 10.3. The minimum absolute atomic E-state index is 0.0333. The third-order valence-electron chi connectivity index (χ3n) is 2.30. The lowest BCUT2D eigenvalue weighted by Crippen LogP contribution is -2.53. The van der Waals surface area contributed by atoms with Crippen LogP contribution >= 0.6 is 0 Å². The van der Waals surface area contributed by atoms with Gasteiger partial charge in [-0.1, -0.05) is 0 Å². The van der Waals surface area contributed by atoms with E-state index in [1.165, 1.54) is 0 Å². The minimum Gasteiger partial charge on any atom is -0.388 e. The molecule has 14 heavy (non-hydrogen) atoms. The summed E-state index contributed by atoms with van der Waals surface area (Å²) in [5.41, 5.74) is 0. The number of aliphatic hydroxyl groups excluding tert-OH is 3. The molecule has 3 N–H and O–H groups in total. The fourth-order valence-corrected chi connectivity index (χ4v) is 1.29. The minimum atomic E-state index is -1.21. The molecule has 2 saturated heterocycles. The van der Waals surface area contributed by atoms with Crippen molar-refractivity contribution >= 4 is 0 Å². The molecule has 82 valence electrons. The van der Waals surface area contributed by atoms with Gasteiger partial charge in [0.15, 0.2) is 6.29 Å². The molecule has 0 radical (unpaired) electrons. The fraction of sp³-hybridized carbons (Fsp3) is 1.00. The predicted octanol–water partition coefficient (Wildman–Crippen LogP) is -2.16. The zero-order valence-electron chi connectivity index (χ0n) is 7.57. The van der Waals surface area contributed by atoms with Crippen LogP contribution in [0.4, 0.5) is 0 Å². The summed E-state index contributed by atoms with van der Waals surface area (Å²) < 4.78 is 15.1. The van der Waals surface area contributed by atoms with Crippen LogP contribution in [-0.4, -0.2) is 65.8 Å². The smallest absolute Gasteiger partial charge is 0.186 e. The van der Waals surface area contributed by atoms with Gasteiger partial charge in [0.05, 0.1) is 19.8 Å². The van der Waals surface area contributed by atoms with Gasteiger partial charge in [0.1, 0.15) is 24.4 Å². The molecule has 2 fully saturated rings. The zero-order chi connectivity index (χ0) is 10.1. The van der Waals surface area contributed by atoms with Crippen molar-refractivity contribution in [3.63, 3.8) is 0 Å². The lowest BCUT2D eigenvalue weighted by Gasteiger charge is -2.34. The molecule has 0 aromatic carbocycles. The Hall–Kier alpha value is -0.240. The van der Waals surface area contributed by atoms with E-state index in [1.807, 2.05) is 0 Å². The van der Waals surface area contributed by atoms with Crippen LogP contribution in [0.25, 0.3) is 0 Å². The Morgan fingerprint density at radius 2 is 1.79 bits per heavy atom. The van der Waals surface area contributed by atoms with Gasteiger partial charge in [-0.15, -0.1) is 0 Å². The van der Waals surface area contributed by atoms with Crippen molar-refractivity contribution in [2.24, 2.45) is 0 Å². The monoisotopic (exact) mass is 206 g/mol. The highest BCUT2D eigenvalue weighted by atomic mass is 16.7. The van der Waals surface area contributed by atoms with Gasteiger partial charge < -0.3 is 29.5 Å². The number of hydrogen-bond acceptors (Lipinski definition) is 6. The third-order valence-corrected chi connectivity index (χ3v) is 2.30. The van der Waals surface area contributed by atoms with E-state index in [4.69, 9.17) is 19.3 Å². The summed E-state index contributed by atoms with van der Waals surface area (Å²) in [6.07, 6.45) is -4.28. The Bertz CT molecular complexity index is 194. The van der Waals surface area contributed by atoms with E-state index in [1.54, 1.807) is 0 Å². The summed E-state index contributed by atoms with van der Waals surface area (Å²) in [5.74, 6) is 0. The van der Waals surface area contributed by atoms with Gasteiger partial charge in [-0.2, -0.15) is 0 Å². The van der Waals surface area contributed by atoms with Crippen molar-refractivity contribution in [2.75, 3.05) is 19.8 Å². The molecule has 2 aliphatic heterocycles. The molecule has 0 amide bonds. The quantitative estimate of drug-likeness (QED) is 0.456. The van der Waals surface area contributed by atoms with E-state index < -0.39 is 24.6 Å². The largest absolute Gasteiger partial charge is 0.388 e. The Balaban J connectivity index is 1.79. The molecule has 6 heteroatoms. The van der Waals surface area contributed by atoms with E-state index in [0.29, 0.717) is 13.2 Å². The van der Waals surface area contributed by atoms with Gasteiger partial charge in [-0.25, -0.2) is 0 Å². The van der Waals surface area contributed by atoms with E-state index in [2.05, 4.69) is 0 Å². The summed E-state index contributed by atoms with van der Waals surface area (Å²) in [6.45, 7) is 0.965. The van der Waals surface area contributed by atoms with Crippen LogP contribution in [0.15, 0.2) is 0 Å². The van der Waals surface area contributed by atoms with Crippen LogP contribution in [0, 0.1) is 0 Å². The van der Waals surface area contributed by atoms with Crippen LogP contribution in [0.2, 0.25) is 0 Å². The van der Waals surface area contributed by atoms with E-state index in [-0.39, 0.29) is 12.7 Å². The molecule has 2 rings (SSSR count). The van der Waals surface area contributed by atoms with E-state index in [0.717, 1.165) is 0 Å². The van der Waals surface area contributed by atoms with Gasteiger partial charge in [-0.05, 0) is 0 Å². The van der Waals surface area contributed by atoms with Gasteiger partial charge >= 0.3 is 0 Å². The summed E-state index contributed by atoms with van der Waals surface area (Å²) >= 11 is 0. The first-order valence-electron chi connectivity index (χ1n) is 4.57. The predicted molar refractivity (Wildman–Crippen MR) is 43.5 cm³/mol. The van der Waals surface area contributed by atoms with Crippen LogP contribution in [0.3, 0.4) is 0 Å². The first-order chi connectivity index (χ1) is 6.68. The molecule has 2 heterocycles. The van der Waals surface area contributed by atoms with Crippen molar-refractivity contribution in [3.05, 3.63) is 0 Å². The van der Waals surface area contributed by atoms with Crippen LogP contribution < -0.4 is 0 Å². The fourth-order valence-electron chi connectivity index (χ4n) is 1.29. The zero-order valence-corrected chi connectivity index (χ0v) is 7.57. The standard InChI is InChI=1S/C8H14O6/c9-5-3-14-8(7(11)6(5)10)13-2-4-1-12-4/h4-11H,1-3H2. The molecular formula is C8H14O6. The number of hydrogen-bond donors (Lipinski definition) is 3. The molecule has 0 aromatic heterocycles. The van der Waals surface area contributed by atoms with Crippen molar-refractivity contribution in [1.82, 2.24) is 0 Å². The average Bonchev–Trinajstić information content (AvgIpc) is 2.97. The van der Waals surface area contributed by atoms with Crippen molar-refractivity contribution in [3.8, 4) is 0 Å². The maximum Gasteiger partial charge on any atom is 0.186 e. The van der Waals surface area contributed by atoms with Crippen molar-refractivity contribution in [1.29, 1.82) is 0 Å². The van der Waals surface area contributed by atoms with Crippen molar-refractivity contribution in [2.45, 2.75) is 30.7 Å². The SMILES string of the molecule is OC1COC(OCC2CO2)C(O)C1O. The van der Waals surface area contributed by atoms with E-state index in [9.17, 15) is 10.2 Å². The topological polar surface area (TPSA) is 91.7 Å². The summed E-state index contributed by atoms with van der Waals surface area (Å²) in [6, 6.07) is 0. The Morgan fingerprint density at radius 1 is 1.07 bits per heavy atom. The first-order valence-corrected chi connectivity index (χ1v) is 4.57. The normalized spacial score (nSPS) is 47.8. The molecule has 2 aliphatic rings. The van der Waals surface area contributed by atoms with Gasteiger partial charge in [0, 0.05) is 0 Å². The number of epoxide rings is 1. The Morgan fingerprint density at radius 3 is 2.43 bits per heavy atom. The highest BCUT2D eigenvalue weighted by Crippen LogP contribution is 2.18. The molecule has 0 spiro atoms. The maximum atomic E-state index is 9.44. The van der Waals surface area contributed by atoms with Crippen LogP contribution in [0.1, 0.15) is 0 Å². The number of ether oxygens (including phenoxy) is 3. The van der Waals surface area contributed by atoms with Crippen molar-refractivity contribution < 1.29 is 29.5 Å². The highest BCUT2D eigenvalue weighted by Gasteiger charge is 2.39. The Kier molecular flexibility index (Phi) is 3.01. The molecule has 5 unspecified atom stereocenters. The average molecular weight is 206 g/mol. The van der Waals surface area contributed by atoms with Crippen LogP contribution in [0.5, 0.6) is 0 Å². The second-order valence-electron chi connectivity index (χ2n) is 3.54. The Labute approximate surface area is 81.0 Å². The molecule has 5 atom stereocenters. The summed E-state index contributed by atoms with van der Waals surface area (Å²) in [5, 5.41) is 27.9. The summed E-state index contributed by atoms with van der Waals surface area (Å²) in [4.78, 5) is 0. The molecule has 6 nitrogen and oxygen atoms in total. The van der Waals surface area contributed by atoms with E-state index >= 15 is 0 Å². The maximum absolute atomic E-state index is 9.44. The van der Waals surface area contributed by atoms with Gasteiger partial charge in [-0.3, -0.25) is 0 Å². The molecule has 0 saturated carbocycles.